The molecule has 0 spiro atoms. The molecule has 0 N–H and O–H groups in total. The van der Waals surface area contributed by atoms with E-state index < -0.39 is 22.3 Å². The Bertz CT molecular complexity index is 236. The van der Waals surface area contributed by atoms with Gasteiger partial charge in [0.05, 0.1) is 0 Å². The molecule has 23 heavy (non-hydrogen) atoms. The van der Waals surface area contributed by atoms with Crippen molar-refractivity contribution in [3.05, 3.63) is 0 Å². The molecule has 0 aromatic rings. The first kappa shape index (κ1) is 24.0. The average molecular weight is 414 g/mol. The molecule has 0 fully saturated rings. The third-order valence-electron chi connectivity index (χ3n) is 3.19. The molecule has 0 saturated heterocycles. The standard InChI is InChI=1S/C15H28Cl4O4/c1-5-20-12(16)10(13(17)21-6-2)9-11(14(18)22-7-3)15(19)23-8-4/h10-15H,5-9H2,1-4H3. The van der Waals surface area contributed by atoms with Gasteiger partial charge in [0, 0.05) is 38.3 Å². The summed E-state index contributed by atoms with van der Waals surface area (Å²) in [5, 5.41) is 0. The molecular weight excluding hydrogens is 386 g/mol. The van der Waals surface area contributed by atoms with E-state index in [2.05, 4.69) is 0 Å². The van der Waals surface area contributed by atoms with E-state index in [9.17, 15) is 0 Å². The van der Waals surface area contributed by atoms with E-state index in [-0.39, 0.29) is 11.8 Å². The molecule has 4 nitrogen and oxygen atoms in total. The summed E-state index contributed by atoms with van der Waals surface area (Å²) in [6.45, 7) is 9.33. The molecule has 0 bridgehead atoms. The second-order valence-electron chi connectivity index (χ2n) is 4.79. The summed E-state index contributed by atoms with van der Waals surface area (Å²) in [6.07, 6.45) is 0.449. The van der Waals surface area contributed by atoms with Crippen LogP contribution in [0.15, 0.2) is 0 Å². The lowest BCUT2D eigenvalue weighted by molar-refractivity contribution is -0.0379. The summed E-state index contributed by atoms with van der Waals surface area (Å²) in [7, 11) is 0. The van der Waals surface area contributed by atoms with Gasteiger partial charge in [-0.25, -0.2) is 0 Å². The zero-order valence-corrected chi connectivity index (χ0v) is 17.2. The predicted molar refractivity (Wildman–Crippen MR) is 96.7 cm³/mol. The van der Waals surface area contributed by atoms with Gasteiger partial charge in [-0.05, 0) is 34.1 Å². The third-order valence-corrected chi connectivity index (χ3v) is 4.99. The maximum absolute atomic E-state index is 6.33. The molecule has 4 unspecified atom stereocenters. The van der Waals surface area contributed by atoms with Crippen molar-refractivity contribution in [1.29, 1.82) is 0 Å². The van der Waals surface area contributed by atoms with Crippen LogP contribution < -0.4 is 0 Å². The first-order valence-corrected chi connectivity index (χ1v) is 9.69. The molecule has 140 valence electrons. The summed E-state index contributed by atoms with van der Waals surface area (Å²) in [5.41, 5.74) is -2.47. The number of hydrogen-bond donors (Lipinski definition) is 0. The van der Waals surface area contributed by atoms with Crippen LogP contribution in [0.25, 0.3) is 0 Å². The Kier molecular flexibility index (Phi) is 14.8. The maximum atomic E-state index is 6.33. The van der Waals surface area contributed by atoms with Gasteiger partial charge in [-0.3, -0.25) is 0 Å². The minimum Gasteiger partial charge on any atom is -0.362 e. The van der Waals surface area contributed by atoms with Crippen LogP contribution in [-0.2, 0) is 18.9 Å². The topological polar surface area (TPSA) is 36.9 Å². The largest absolute Gasteiger partial charge is 0.362 e. The first-order chi connectivity index (χ1) is 10.9. The second-order valence-corrected chi connectivity index (χ2v) is 6.51. The fraction of sp³-hybridized carbons (Fsp3) is 1.00. The van der Waals surface area contributed by atoms with Crippen molar-refractivity contribution in [2.45, 2.75) is 56.4 Å². The molecule has 4 atom stereocenters. The van der Waals surface area contributed by atoms with Crippen LogP contribution in [0.1, 0.15) is 34.1 Å². The van der Waals surface area contributed by atoms with Crippen LogP contribution in [0.4, 0.5) is 0 Å². The highest BCUT2D eigenvalue weighted by molar-refractivity contribution is 6.23. The highest BCUT2D eigenvalue weighted by Crippen LogP contribution is 2.35. The Morgan fingerprint density at radius 1 is 0.522 bits per heavy atom. The van der Waals surface area contributed by atoms with Crippen molar-refractivity contribution in [3.63, 3.8) is 0 Å². The molecule has 0 aromatic carbocycles. The molecule has 0 saturated carbocycles. The minimum absolute atomic E-state index is 0.313. The van der Waals surface area contributed by atoms with E-state index in [1.165, 1.54) is 0 Å². The highest BCUT2D eigenvalue weighted by atomic mass is 35.5. The molecule has 0 aliphatic heterocycles. The quantitative estimate of drug-likeness (QED) is 0.375. The van der Waals surface area contributed by atoms with E-state index in [1.54, 1.807) is 0 Å². The van der Waals surface area contributed by atoms with Gasteiger partial charge >= 0.3 is 0 Å². The van der Waals surface area contributed by atoms with Gasteiger partial charge in [-0.1, -0.05) is 46.4 Å². The lowest BCUT2D eigenvalue weighted by atomic mass is 9.95. The zero-order chi connectivity index (χ0) is 17.8. The average Bonchev–Trinajstić information content (AvgIpc) is 2.48. The molecule has 0 aliphatic carbocycles. The van der Waals surface area contributed by atoms with Gasteiger partial charge in [0.1, 0.15) is 22.3 Å². The van der Waals surface area contributed by atoms with Crippen LogP contribution in [0, 0.1) is 11.8 Å². The maximum Gasteiger partial charge on any atom is 0.137 e. The van der Waals surface area contributed by atoms with E-state index in [0.717, 1.165) is 0 Å². The Hall–Kier alpha value is 1.000. The highest BCUT2D eigenvalue weighted by Gasteiger charge is 2.37. The van der Waals surface area contributed by atoms with Gasteiger partial charge < -0.3 is 18.9 Å². The number of rotatable bonds is 14. The molecule has 0 amide bonds. The molecule has 0 radical (unpaired) electrons. The molecule has 0 heterocycles. The molecule has 0 rings (SSSR count). The van der Waals surface area contributed by atoms with Crippen molar-refractivity contribution in [3.8, 4) is 0 Å². The van der Waals surface area contributed by atoms with Gasteiger partial charge in [0.15, 0.2) is 0 Å². The summed E-state index contributed by atoms with van der Waals surface area (Å²) in [5.74, 6) is -0.627. The Balaban J connectivity index is 5.13. The van der Waals surface area contributed by atoms with Crippen molar-refractivity contribution in [1.82, 2.24) is 0 Å². The fourth-order valence-electron chi connectivity index (χ4n) is 2.11. The zero-order valence-electron chi connectivity index (χ0n) is 14.1. The van der Waals surface area contributed by atoms with Crippen LogP contribution in [0.5, 0.6) is 0 Å². The molecule has 8 heteroatoms. The van der Waals surface area contributed by atoms with Crippen LogP contribution in [0.3, 0.4) is 0 Å². The Morgan fingerprint density at radius 2 is 0.739 bits per heavy atom. The van der Waals surface area contributed by atoms with Crippen LogP contribution in [0.2, 0.25) is 0 Å². The number of ether oxygens (including phenoxy) is 4. The number of halogens is 4. The third kappa shape index (κ3) is 9.31. The lowest BCUT2D eigenvalue weighted by Gasteiger charge is -2.33. The summed E-state index contributed by atoms with van der Waals surface area (Å²) in [4.78, 5) is 0. The normalized spacial score (nSPS) is 19.8. The van der Waals surface area contributed by atoms with Crippen molar-refractivity contribution in [2.24, 2.45) is 11.8 Å². The summed E-state index contributed by atoms with van der Waals surface area (Å²) >= 11 is 25.3. The number of alkyl halides is 4. The number of hydrogen-bond acceptors (Lipinski definition) is 4. The predicted octanol–water partition coefficient (Wildman–Crippen LogP) is 5.01. The van der Waals surface area contributed by atoms with E-state index in [1.807, 2.05) is 27.7 Å². The van der Waals surface area contributed by atoms with Gasteiger partial charge in [-0.15, -0.1) is 0 Å². The first-order valence-electron chi connectivity index (χ1n) is 7.95. The molecule has 0 aromatic heterocycles. The van der Waals surface area contributed by atoms with E-state index in [0.29, 0.717) is 32.8 Å². The summed E-state index contributed by atoms with van der Waals surface area (Å²) < 4.78 is 21.9. The second kappa shape index (κ2) is 14.2. The van der Waals surface area contributed by atoms with Gasteiger partial charge in [0.2, 0.25) is 0 Å². The van der Waals surface area contributed by atoms with Crippen molar-refractivity contribution >= 4 is 46.4 Å². The van der Waals surface area contributed by atoms with Crippen LogP contribution in [-0.4, -0.2) is 48.7 Å². The van der Waals surface area contributed by atoms with E-state index >= 15 is 0 Å². The van der Waals surface area contributed by atoms with Gasteiger partial charge in [-0.2, -0.15) is 0 Å². The Morgan fingerprint density at radius 3 is 0.913 bits per heavy atom. The fourth-order valence-corrected chi connectivity index (χ4v) is 3.70. The van der Waals surface area contributed by atoms with Crippen molar-refractivity contribution < 1.29 is 18.9 Å². The lowest BCUT2D eigenvalue weighted by Crippen LogP contribution is -2.37. The van der Waals surface area contributed by atoms with Crippen molar-refractivity contribution in [2.75, 3.05) is 26.4 Å². The minimum atomic E-state index is -0.618. The monoisotopic (exact) mass is 412 g/mol. The molecule has 0 aliphatic rings. The SMILES string of the molecule is CCOC(Cl)C(CC(C(Cl)OCC)C(Cl)OCC)C(Cl)OCC. The summed E-state index contributed by atoms with van der Waals surface area (Å²) in [6, 6.07) is 0. The molecular formula is C15H28Cl4O4. The Labute approximate surface area is 160 Å². The van der Waals surface area contributed by atoms with Gasteiger partial charge in [0.25, 0.3) is 0 Å². The smallest absolute Gasteiger partial charge is 0.137 e. The van der Waals surface area contributed by atoms with E-state index in [4.69, 9.17) is 65.4 Å². The van der Waals surface area contributed by atoms with Crippen LogP contribution >= 0.6 is 46.4 Å².